The summed E-state index contributed by atoms with van der Waals surface area (Å²) in [5.74, 6) is 0. The van der Waals surface area contributed by atoms with E-state index in [4.69, 9.17) is 5.26 Å². The molecule has 0 aliphatic rings. The Morgan fingerprint density at radius 1 is 1.30 bits per heavy atom. The number of benzene rings is 1. The zero-order valence-electron chi connectivity index (χ0n) is 11.0. The van der Waals surface area contributed by atoms with Crippen LogP contribution in [0.1, 0.15) is 16.8 Å². The van der Waals surface area contributed by atoms with Gasteiger partial charge in [-0.3, -0.25) is 10.1 Å². The number of hydrogen-bond donors (Lipinski definition) is 0. The predicted molar refractivity (Wildman–Crippen MR) is 75.6 cm³/mol. The molecule has 0 atom stereocenters. The van der Waals surface area contributed by atoms with Gasteiger partial charge < -0.3 is 0 Å². The average Bonchev–Trinajstić information content (AvgIpc) is 2.37. The van der Waals surface area contributed by atoms with E-state index in [9.17, 15) is 10.1 Å². The highest BCUT2D eigenvalue weighted by atomic mass is 32.2. The quantitative estimate of drug-likeness (QED) is 0.635. The molecule has 100 valence electrons. The monoisotopic (exact) mass is 285 g/mol. The van der Waals surface area contributed by atoms with Crippen molar-refractivity contribution in [3.8, 4) is 6.07 Å². The van der Waals surface area contributed by atoms with Crippen LogP contribution in [0.4, 0.5) is 5.69 Å². The molecular weight excluding hydrogens is 274 g/mol. The lowest BCUT2D eigenvalue weighted by atomic mass is 10.2. The minimum absolute atomic E-state index is 0.0627. The SMILES string of the molecule is Cc1cc(C)nc(Sc2ccc(C#N)c([N+](=O)[O-])c2)c1. The lowest BCUT2D eigenvalue weighted by Gasteiger charge is -2.04. The third-order valence-corrected chi connectivity index (χ3v) is 3.49. The predicted octanol–water partition coefficient (Wildman–Crippen LogP) is 3.63. The van der Waals surface area contributed by atoms with Crippen molar-refractivity contribution >= 4 is 17.4 Å². The zero-order valence-corrected chi connectivity index (χ0v) is 11.8. The zero-order chi connectivity index (χ0) is 14.7. The van der Waals surface area contributed by atoms with Crippen LogP contribution < -0.4 is 0 Å². The maximum atomic E-state index is 10.9. The van der Waals surface area contributed by atoms with E-state index >= 15 is 0 Å². The van der Waals surface area contributed by atoms with Crippen LogP contribution in [0.2, 0.25) is 0 Å². The van der Waals surface area contributed by atoms with Crippen molar-refractivity contribution in [1.82, 2.24) is 4.98 Å². The van der Waals surface area contributed by atoms with Crippen molar-refractivity contribution in [2.24, 2.45) is 0 Å². The van der Waals surface area contributed by atoms with Crippen LogP contribution >= 0.6 is 11.8 Å². The molecule has 0 fully saturated rings. The van der Waals surface area contributed by atoms with Gasteiger partial charge in [0.05, 0.1) is 4.92 Å². The normalized spacial score (nSPS) is 10.1. The van der Waals surface area contributed by atoms with Crippen molar-refractivity contribution in [1.29, 1.82) is 5.26 Å². The van der Waals surface area contributed by atoms with E-state index in [1.165, 1.54) is 23.9 Å². The van der Waals surface area contributed by atoms with Crippen LogP contribution in [0.25, 0.3) is 0 Å². The average molecular weight is 285 g/mol. The van der Waals surface area contributed by atoms with Gasteiger partial charge in [0.25, 0.3) is 5.69 Å². The van der Waals surface area contributed by atoms with Crippen LogP contribution in [0, 0.1) is 35.3 Å². The second-order valence-corrected chi connectivity index (χ2v) is 5.37. The summed E-state index contributed by atoms with van der Waals surface area (Å²) in [6, 6.07) is 10.3. The number of nitrogens with zero attached hydrogens (tertiary/aromatic N) is 3. The number of nitro benzene ring substituents is 1. The summed E-state index contributed by atoms with van der Waals surface area (Å²) in [6.07, 6.45) is 0. The Morgan fingerprint density at radius 3 is 2.65 bits per heavy atom. The molecule has 1 heterocycles. The van der Waals surface area contributed by atoms with Gasteiger partial charge in [-0.1, -0.05) is 11.8 Å². The fraction of sp³-hybridized carbons (Fsp3) is 0.143. The van der Waals surface area contributed by atoms with Gasteiger partial charge in [-0.15, -0.1) is 0 Å². The highest BCUT2D eigenvalue weighted by Gasteiger charge is 2.15. The Balaban J connectivity index is 2.37. The minimum Gasteiger partial charge on any atom is -0.258 e. The molecule has 0 aliphatic carbocycles. The largest absolute Gasteiger partial charge is 0.288 e. The molecule has 0 aliphatic heterocycles. The van der Waals surface area contributed by atoms with E-state index in [1.54, 1.807) is 6.07 Å². The molecule has 0 N–H and O–H groups in total. The molecule has 1 aromatic heterocycles. The molecule has 2 rings (SSSR count). The summed E-state index contributed by atoms with van der Waals surface area (Å²) in [5, 5.41) is 20.5. The first kappa shape index (κ1) is 14.0. The van der Waals surface area contributed by atoms with Crippen LogP contribution in [0.3, 0.4) is 0 Å². The Bertz CT molecular complexity index is 703. The highest BCUT2D eigenvalue weighted by molar-refractivity contribution is 7.99. The Morgan fingerprint density at radius 2 is 2.05 bits per heavy atom. The number of pyridine rings is 1. The number of nitriles is 1. The molecule has 0 saturated carbocycles. The maximum absolute atomic E-state index is 10.9. The molecule has 5 nitrogen and oxygen atoms in total. The summed E-state index contributed by atoms with van der Waals surface area (Å²) < 4.78 is 0. The molecule has 0 spiro atoms. The van der Waals surface area contributed by atoms with Crippen molar-refractivity contribution in [3.63, 3.8) is 0 Å². The first-order valence-electron chi connectivity index (χ1n) is 5.81. The number of nitro groups is 1. The Labute approximate surface area is 120 Å². The Kier molecular flexibility index (Phi) is 4.01. The number of aromatic nitrogens is 1. The molecule has 2 aromatic rings. The van der Waals surface area contributed by atoms with Gasteiger partial charge in [-0.2, -0.15) is 5.26 Å². The number of aryl methyl sites for hydroxylation is 2. The van der Waals surface area contributed by atoms with Gasteiger partial charge >= 0.3 is 0 Å². The highest BCUT2D eigenvalue weighted by Crippen LogP contribution is 2.31. The fourth-order valence-electron chi connectivity index (χ4n) is 1.80. The first-order chi connectivity index (χ1) is 9.49. The van der Waals surface area contributed by atoms with Crippen LogP contribution in [0.15, 0.2) is 40.3 Å². The van der Waals surface area contributed by atoms with Crippen molar-refractivity contribution in [2.45, 2.75) is 23.8 Å². The number of hydrogen-bond acceptors (Lipinski definition) is 5. The fourth-order valence-corrected chi connectivity index (χ4v) is 2.78. The molecule has 0 bridgehead atoms. The van der Waals surface area contributed by atoms with Gasteiger partial charge in [0, 0.05) is 16.7 Å². The van der Waals surface area contributed by atoms with Crippen LogP contribution in [-0.2, 0) is 0 Å². The summed E-state index contributed by atoms with van der Waals surface area (Å²) in [5.41, 5.74) is 1.87. The van der Waals surface area contributed by atoms with Crippen molar-refractivity contribution < 1.29 is 4.92 Å². The smallest absolute Gasteiger partial charge is 0.258 e. The molecule has 0 radical (unpaired) electrons. The van der Waals surface area contributed by atoms with E-state index in [1.807, 2.05) is 32.0 Å². The summed E-state index contributed by atoms with van der Waals surface area (Å²) in [6.45, 7) is 3.87. The molecule has 0 saturated heterocycles. The second kappa shape index (κ2) is 5.72. The van der Waals surface area contributed by atoms with E-state index < -0.39 is 4.92 Å². The lowest BCUT2D eigenvalue weighted by molar-refractivity contribution is -0.385. The third kappa shape index (κ3) is 3.13. The van der Waals surface area contributed by atoms with Crippen molar-refractivity contribution in [3.05, 3.63) is 57.3 Å². The van der Waals surface area contributed by atoms with E-state index in [0.29, 0.717) is 4.90 Å². The van der Waals surface area contributed by atoms with Crippen LogP contribution in [-0.4, -0.2) is 9.91 Å². The molecular formula is C14H11N3O2S. The van der Waals surface area contributed by atoms with Crippen molar-refractivity contribution in [2.75, 3.05) is 0 Å². The first-order valence-corrected chi connectivity index (χ1v) is 6.63. The second-order valence-electron chi connectivity index (χ2n) is 4.27. The van der Waals surface area contributed by atoms with E-state index in [-0.39, 0.29) is 11.3 Å². The van der Waals surface area contributed by atoms with Gasteiger partial charge in [-0.25, -0.2) is 4.98 Å². The van der Waals surface area contributed by atoms with Crippen LogP contribution in [0.5, 0.6) is 0 Å². The Hall–Kier alpha value is -2.39. The maximum Gasteiger partial charge on any atom is 0.288 e. The lowest BCUT2D eigenvalue weighted by Crippen LogP contribution is -1.93. The minimum atomic E-state index is -0.544. The third-order valence-electron chi connectivity index (χ3n) is 2.58. The summed E-state index contributed by atoms with van der Waals surface area (Å²) in [4.78, 5) is 15.4. The van der Waals surface area contributed by atoms with Gasteiger partial charge in [0.1, 0.15) is 16.7 Å². The van der Waals surface area contributed by atoms with Gasteiger partial charge in [-0.05, 0) is 43.7 Å². The van der Waals surface area contributed by atoms with E-state index in [2.05, 4.69) is 4.98 Å². The summed E-state index contributed by atoms with van der Waals surface area (Å²) >= 11 is 1.34. The topological polar surface area (TPSA) is 79.8 Å². The molecule has 1 aromatic carbocycles. The van der Waals surface area contributed by atoms with Gasteiger partial charge in [0.2, 0.25) is 0 Å². The molecule has 0 amide bonds. The molecule has 0 unspecified atom stereocenters. The van der Waals surface area contributed by atoms with E-state index in [0.717, 1.165) is 16.3 Å². The standard InChI is InChI=1S/C14H11N3O2S/c1-9-5-10(2)16-14(6-9)20-12-4-3-11(8-15)13(7-12)17(18)19/h3-7H,1-2H3. The van der Waals surface area contributed by atoms with Gasteiger partial charge in [0.15, 0.2) is 0 Å². The number of rotatable bonds is 3. The summed E-state index contributed by atoms with van der Waals surface area (Å²) in [7, 11) is 0. The molecule has 20 heavy (non-hydrogen) atoms. The molecule has 6 heteroatoms.